The second-order valence-corrected chi connectivity index (χ2v) is 3.59. The highest BCUT2D eigenvalue weighted by molar-refractivity contribution is 5.85. The molecule has 2 aliphatic heterocycles. The van der Waals surface area contributed by atoms with Gasteiger partial charge in [0, 0.05) is 19.1 Å². The number of rotatable bonds is 1. The second-order valence-electron chi connectivity index (χ2n) is 3.59. The number of piperidine rings is 1. The summed E-state index contributed by atoms with van der Waals surface area (Å²) in [6.07, 6.45) is 2.48. The molecule has 2 rings (SSSR count). The Hall–Kier alpha value is 0.170. The molecule has 0 atom stereocenters. The van der Waals surface area contributed by atoms with Crippen molar-refractivity contribution in [3.05, 3.63) is 0 Å². The maximum absolute atomic E-state index is 9.09. The molecule has 0 unspecified atom stereocenters. The van der Waals surface area contributed by atoms with E-state index >= 15 is 0 Å². The number of nitrogens with one attached hydrogen (secondary N) is 1. The van der Waals surface area contributed by atoms with Crippen LogP contribution in [0.15, 0.2) is 0 Å². The number of aliphatic hydroxyl groups excluding tert-OH is 1. The summed E-state index contributed by atoms with van der Waals surface area (Å²) in [6, 6.07) is 0.750. The van der Waals surface area contributed by atoms with E-state index in [4.69, 9.17) is 5.11 Å². The number of hydrogen-bond donors (Lipinski definition) is 2. The molecule has 3 nitrogen and oxygen atoms in total. The molecule has 12 heavy (non-hydrogen) atoms. The molecule has 2 heterocycles. The van der Waals surface area contributed by atoms with Crippen molar-refractivity contribution in [2.45, 2.75) is 25.0 Å². The van der Waals surface area contributed by atoms with Crippen LogP contribution >= 0.6 is 12.4 Å². The lowest BCUT2D eigenvalue weighted by atomic mass is 10.00. The fraction of sp³-hybridized carbons (Fsp3) is 1.00. The summed E-state index contributed by atoms with van der Waals surface area (Å²) in [5.41, 5.74) is 0. The van der Waals surface area contributed by atoms with Gasteiger partial charge in [0.2, 0.25) is 0 Å². The zero-order valence-corrected chi connectivity index (χ0v) is 8.02. The van der Waals surface area contributed by atoms with Crippen molar-refractivity contribution in [3.8, 4) is 0 Å². The molecule has 0 radical (unpaired) electrons. The first kappa shape index (κ1) is 10.3. The second kappa shape index (κ2) is 4.42. The molecule has 4 heteroatoms. The van der Waals surface area contributed by atoms with E-state index in [0.717, 1.165) is 32.2 Å². The van der Waals surface area contributed by atoms with Crippen molar-refractivity contribution in [2.24, 2.45) is 0 Å². The first-order valence-electron chi connectivity index (χ1n) is 4.49. The quantitative estimate of drug-likeness (QED) is 0.606. The summed E-state index contributed by atoms with van der Waals surface area (Å²) in [5, 5.41) is 12.4. The van der Waals surface area contributed by atoms with E-state index in [0.29, 0.717) is 0 Å². The predicted molar refractivity (Wildman–Crippen MR) is 50.7 cm³/mol. The molecule has 2 saturated heterocycles. The van der Waals surface area contributed by atoms with Gasteiger partial charge in [0.1, 0.15) is 0 Å². The summed E-state index contributed by atoms with van der Waals surface area (Å²) < 4.78 is 0. The van der Waals surface area contributed by atoms with Gasteiger partial charge in [-0.05, 0) is 25.9 Å². The van der Waals surface area contributed by atoms with Crippen LogP contribution in [0.4, 0.5) is 0 Å². The van der Waals surface area contributed by atoms with Crippen LogP contribution in [0.5, 0.6) is 0 Å². The van der Waals surface area contributed by atoms with Gasteiger partial charge in [-0.1, -0.05) is 0 Å². The molecule has 2 fully saturated rings. The van der Waals surface area contributed by atoms with Crippen LogP contribution in [0.1, 0.15) is 12.8 Å². The number of aliphatic hydroxyl groups is 1. The van der Waals surface area contributed by atoms with Crippen molar-refractivity contribution >= 4 is 12.4 Å². The van der Waals surface area contributed by atoms with Crippen LogP contribution in [0.3, 0.4) is 0 Å². The van der Waals surface area contributed by atoms with Gasteiger partial charge in [0.05, 0.1) is 6.10 Å². The minimum Gasteiger partial charge on any atom is -0.390 e. The Kier molecular flexibility index (Phi) is 3.77. The minimum absolute atomic E-state index is 0. The Bertz CT molecular complexity index is 133. The monoisotopic (exact) mass is 192 g/mol. The number of halogens is 1. The van der Waals surface area contributed by atoms with Gasteiger partial charge in [-0.15, -0.1) is 12.4 Å². The minimum atomic E-state index is -0.0371. The number of hydrogen-bond acceptors (Lipinski definition) is 3. The Morgan fingerprint density at radius 3 is 2.25 bits per heavy atom. The van der Waals surface area contributed by atoms with E-state index < -0.39 is 0 Å². The molecular weight excluding hydrogens is 176 g/mol. The van der Waals surface area contributed by atoms with E-state index in [1.54, 1.807) is 0 Å². The van der Waals surface area contributed by atoms with Crippen LogP contribution in [0.2, 0.25) is 0 Å². The first-order valence-corrected chi connectivity index (χ1v) is 4.49. The highest BCUT2D eigenvalue weighted by Gasteiger charge is 2.31. The van der Waals surface area contributed by atoms with Gasteiger partial charge in [0.15, 0.2) is 0 Å². The Morgan fingerprint density at radius 2 is 1.75 bits per heavy atom. The molecule has 2 N–H and O–H groups in total. The van der Waals surface area contributed by atoms with Gasteiger partial charge < -0.3 is 10.4 Å². The lowest BCUT2D eigenvalue weighted by molar-refractivity contribution is -0.0314. The molecule has 0 bridgehead atoms. The molecule has 0 aromatic carbocycles. The third kappa shape index (κ3) is 2.10. The Labute approximate surface area is 79.5 Å². The van der Waals surface area contributed by atoms with Crippen LogP contribution in [0, 0.1) is 0 Å². The molecule has 0 amide bonds. The molecule has 0 aromatic heterocycles. The van der Waals surface area contributed by atoms with Crippen molar-refractivity contribution in [3.63, 3.8) is 0 Å². The third-order valence-electron chi connectivity index (χ3n) is 2.72. The number of β-amino-alcohol motifs (C(OH)–C–C–N with tert-alkyl or cyclic N) is 1. The van der Waals surface area contributed by atoms with Crippen LogP contribution < -0.4 is 5.32 Å². The molecule has 0 aromatic rings. The van der Waals surface area contributed by atoms with E-state index in [2.05, 4.69) is 10.2 Å². The predicted octanol–water partition coefficient (Wildman–Crippen LogP) is -0.163. The summed E-state index contributed by atoms with van der Waals surface area (Å²) in [7, 11) is 0. The van der Waals surface area contributed by atoms with Gasteiger partial charge >= 0.3 is 0 Å². The van der Waals surface area contributed by atoms with Crippen LogP contribution in [0.25, 0.3) is 0 Å². The topological polar surface area (TPSA) is 35.5 Å². The van der Waals surface area contributed by atoms with Gasteiger partial charge in [-0.3, -0.25) is 4.90 Å². The van der Waals surface area contributed by atoms with E-state index in [1.807, 2.05) is 0 Å². The molecular formula is C8H17ClN2O. The van der Waals surface area contributed by atoms with E-state index in [1.165, 1.54) is 12.8 Å². The van der Waals surface area contributed by atoms with E-state index in [9.17, 15) is 0 Å². The third-order valence-corrected chi connectivity index (χ3v) is 2.72. The SMILES string of the molecule is Cl.OC1CN(C2CCNCC2)C1. The average molecular weight is 193 g/mol. The van der Waals surface area contributed by atoms with E-state index in [-0.39, 0.29) is 18.5 Å². The summed E-state index contributed by atoms with van der Waals surface area (Å²) in [6.45, 7) is 4.11. The zero-order valence-electron chi connectivity index (χ0n) is 7.20. The fourth-order valence-electron chi connectivity index (χ4n) is 1.96. The van der Waals surface area contributed by atoms with Crippen molar-refractivity contribution < 1.29 is 5.11 Å². The summed E-state index contributed by atoms with van der Waals surface area (Å²) in [4.78, 5) is 2.39. The van der Waals surface area contributed by atoms with Crippen LogP contribution in [-0.2, 0) is 0 Å². The smallest absolute Gasteiger partial charge is 0.0794 e. The molecule has 2 aliphatic rings. The highest BCUT2D eigenvalue weighted by atomic mass is 35.5. The van der Waals surface area contributed by atoms with Gasteiger partial charge in [-0.2, -0.15) is 0 Å². The highest BCUT2D eigenvalue weighted by Crippen LogP contribution is 2.18. The van der Waals surface area contributed by atoms with Crippen molar-refractivity contribution in [1.82, 2.24) is 10.2 Å². The lowest BCUT2D eigenvalue weighted by Gasteiger charge is -2.43. The lowest BCUT2D eigenvalue weighted by Crippen LogP contribution is -2.57. The molecule has 72 valence electrons. The van der Waals surface area contributed by atoms with Crippen molar-refractivity contribution in [2.75, 3.05) is 26.2 Å². The normalized spacial score (nSPS) is 27.8. The summed E-state index contributed by atoms with van der Waals surface area (Å²) >= 11 is 0. The maximum Gasteiger partial charge on any atom is 0.0794 e. The summed E-state index contributed by atoms with van der Waals surface area (Å²) in [5.74, 6) is 0. The molecule has 0 aliphatic carbocycles. The molecule has 0 spiro atoms. The average Bonchev–Trinajstić information content (AvgIpc) is 2.01. The Balaban J connectivity index is 0.000000720. The first-order chi connectivity index (χ1) is 5.36. The number of nitrogens with zero attached hydrogens (tertiary/aromatic N) is 1. The molecule has 0 saturated carbocycles. The van der Waals surface area contributed by atoms with Crippen molar-refractivity contribution in [1.29, 1.82) is 0 Å². The Morgan fingerprint density at radius 1 is 1.17 bits per heavy atom. The largest absolute Gasteiger partial charge is 0.390 e. The van der Waals surface area contributed by atoms with Crippen LogP contribution in [-0.4, -0.2) is 48.3 Å². The van der Waals surface area contributed by atoms with Gasteiger partial charge in [0.25, 0.3) is 0 Å². The zero-order chi connectivity index (χ0) is 7.68. The fourth-order valence-corrected chi connectivity index (χ4v) is 1.96. The van der Waals surface area contributed by atoms with Gasteiger partial charge in [-0.25, -0.2) is 0 Å². The number of likely N-dealkylation sites (tertiary alicyclic amines) is 1. The maximum atomic E-state index is 9.09. The standard InChI is InChI=1S/C8H16N2O.ClH/c11-8-5-10(6-8)7-1-3-9-4-2-7;/h7-9,11H,1-6H2;1H.